The number of hydrogen-bond donors (Lipinski definition) is 1. The SMILES string of the molecule is CNCC1CCC(C(C)C)CC1c1cc2ccccc2o1. The third kappa shape index (κ3) is 3.01. The molecule has 0 saturated heterocycles. The Morgan fingerprint density at radius 2 is 2.05 bits per heavy atom. The van der Waals surface area contributed by atoms with Gasteiger partial charge in [-0.2, -0.15) is 0 Å². The van der Waals surface area contributed by atoms with Gasteiger partial charge in [0.2, 0.25) is 0 Å². The molecule has 3 atom stereocenters. The molecule has 1 aliphatic carbocycles. The van der Waals surface area contributed by atoms with Crippen molar-refractivity contribution in [2.45, 2.75) is 39.0 Å². The van der Waals surface area contributed by atoms with Crippen molar-refractivity contribution in [1.29, 1.82) is 0 Å². The molecule has 2 aromatic rings. The fourth-order valence-electron chi connectivity index (χ4n) is 3.91. The third-order valence-corrected chi connectivity index (χ3v) is 5.25. The zero-order chi connectivity index (χ0) is 14.8. The van der Waals surface area contributed by atoms with Crippen molar-refractivity contribution in [2.75, 3.05) is 13.6 Å². The Bertz CT molecular complexity index is 553. The zero-order valence-corrected chi connectivity index (χ0v) is 13.4. The molecule has 2 heteroatoms. The zero-order valence-electron chi connectivity index (χ0n) is 13.4. The molecule has 0 amide bonds. The van der Waals surface area contributed by atoms with Crippen LogP contribution in [0, 0.1) is 17.8 Å². The lowest BCUT2D eigenvalue weighted by atomic mass is 9.69. The molecule has 1 heterocycles. The van der Waals surface area contributed by atoms with Gasteiger partial charge < -0.3 is 9.73 Å². The quantitative estimate of drug-likeness (QED) is 0.872. The van der Waals surface area contributed by atoms with Crippen LogP contribution < -0.4 is 5.32 Å². The fourth-order valence-corrected chi connectivity index (χ4v) is 3.91. The van der Waals surface area contributed by atoms with Gasteiger partial charge in [-0.05, 0) is 62.7 Å². The van der Waals surface area contributed by atoms with Crippen molar-refractivity contribution < 1.29 is 4.42 Å². The Hall–Kier alpha value is -1.28. The predicted molar refractivity (Wildman–Crippen MR) is 88.6 cm³/mol. The number of furan rings is 1. The number of nitrogens with one attached hydrogen (secondary N) is 1. The van der Waals surface area contributed by atoms with Crippen molar-refractivity contribution in [1.82, 2.24) is 5.32 Å². The summed E-state index contributed by atoms with van der Waals surface area (Å²) in [6.07, 6.45) is 3.94. The van der Waals surface area contributed by atoms with Gasteiger partial charge in [0.15, 0.2) is 0 Å². The molecule has 3 unspecified atom stereocenters. The van der Waals surface area contributed by atoms with E-state index in [1.165, 1.54) is 30.4 Å². The van der Waals surface area contributed by atoms with E-state index >= 15 is 0 Å². The first kappa shape index (κ1) is 14.6. The molecular formula is C19H27NO. The normalized spacial score (nSPS) is 26.6. The van der Waals surface area contributed by atoms with Crippen molar-refractivity contribution in [3.8, 4) is 0 Å². The molecule has 21 heavy (non-hydrogen) atoms. The van der Waals surface area contributed by atoms with Gasteiger partial charge in [0.1, 0.15) is 11.3 Å². The van der Waals surface area contributed by atoms with Gasteiger partial charge in [-0.25, -0.2) is 0 Å². The van der Waals surface area contributed by atoms with E-state index in [0.717, 1.165) is 24.0 Å². The summed E-state index contributed by atoms with van der Waals surface area (Å²) in [5.41, 5.74) is 1.03. The lowest BCUT2D eigenvalue weighted by Gasteiger charge is -2.37. The van der Waals surface area contributed by atoms with Crippen LogP contribution in [0.2, 0.25) is 0 Å². The maximum absolute atomic E-state index is 6.18. The molecule has 1 saturated carbocycles. The fraction of sp³-hybridized carbons (Fsp3) is 0.579. The summed E-state index contributed by atoms with van der Waals surface area (Å²) >= 11 is 0. The minimum Gasteiger partial charge on any atom is -0.461 e. The van der Waals surface area contributed by atoms with Gasteiger partial charge in [-0.15, -0.1) is 0 Å². The topological polar surface area (TPSA) is 25.2 Å². The van der Waals surface area contributed by atoms with Crippen LogP contribution in [-0.4, -0.2) is 13.6 Å². The molecule has 2 nitrogen and oxygen atoms in total. The van der Waals surface area contributed by atoms with E-state index in [2.05, 4.69) is 56.5 Å². The smallest absolute Gasteiger partial charge is 0.134 e. The largest absolute Gasteiger partial charge is 0.461 e. The molecule has 1 aliphatic rings. The highest BCUT2D eigenvalue weighted by atomic mass is 16.3. The molecular weight excluding hydrogens is 258 g/mol. The second-order valence-corrected chi connectivity index (χ2v) is 6.93. The van der Waals surface area contributed by atoms with E-state index in [1.807, 2.05) is 0 Å². The molecule has 0 bridgehead atoms. The monoisotopic (exact) mass is 285 g/mol. The number of benzene rings is 1. The van der Waals surface area contributed by atoms with Crippen LogP contribution in [-0.2, 0) is 0 Å². The highest BCUT2D eigenvalue weighted by Crippen LogP contribution is 2.44. The average molecular weight is 285 g/mol. The number of rotatable bonds is 4. The van der Waals surface area contributed by atoms with Crippen molar-refractivity contribution >= 4 is 11.0 Å². The molecule has 0 spiro atoms. The molecule has 1 aromatic heterocycles. The minimum atomic E-state index is 0.561. The Labute approximate surface area is 127 Å². The van der Waals surface area contributed by atoms with Crippen LogP contribution in [0.25, 0.3) is 11.0 Å². The van der Waals surface area contributed by atoms with Crippen LogP contribution in [0.1, 0.15) is 44.8 Å². The van der Waals surface area contributed by atoms with Gasteiger partial charge in [-0.1, -0.05) is 32.0 Å². The highest BCUT2D eigenvalue weighted by Gasteiger charge is 2.34. The maximum Gasteiger partial charge on any atom is 0.134 e. The first-order valence-corrected chi connectivity index (χ1v) is 8.32. The average Bonchev–Trinajstić information content (AvgIpc) is 2.91. The second-order valence-electron chi connectivity index (χ2n) is 6.93. The highest BCUT2D eigenvalue weighted by molar-refractivity contribution is 5.77. The molecule has 0 radical (unpaired) electrons. The van der Waals surface area contributed by atoms with Gasteiger partial charge in [0.25, 0.3) is 0 Å². The van der Waals surface area contributed by atoms with Crippen LogP contribution in [0.4, 0.5) is 0 Å². The molecule has 1 aromatic carbocycles. The molecule has 114 valence electrons. The van der Waals surface area contributed by atoms with E-state index in [-0.39, 0.29) is 0 Å². The van der Waals surface area contributed by atoms with Gasteiger partial charge >= 0.3 is 0 Å². The first-order chi connectivity index (χ1) is 10.2. The molecule has 0 aliphatic heterocycles. The van der Waals surface area contributed by atoms with E-state index in [9.17, 15) is 0 Å². The van der Waals surface area contributed by atoms with Gasteiger partial charge in [0, 0.05) is 11.3 Å². The lowest BCUT2D eigenvalue weighted by Crippen LogP contribution is -2.31. The molecule has 1 fully saturated rings. The van der Waals surface area contributed by atoms with Crippen LogP contribution in [0.5, 0.6) is 0 Å². The molecule has 1 N–H and O–H groups in total. The Kier molecular flexibility index (Phi) is 4.34. The lowest BCUT2D eigenvalue weighted by molar-refractivity contribution is 0.178. The Balaban J connectivity index is 1.90. The summed E-state index contributed by atoms with van der Waals surface area (Å²) in [6.45, 7) is 5.81. The number of fused-ring (bicyclic) bond motifs is 1. The first-order valence-electron chi connectivity index (χ1n) is 8.32. The van der Waals surface area contributed by atoms with Crippen molar-refractivity contribution in [3.63, 3.8) is 0 Å². The van der Waals surface area contributed by atoms with Gasteiger partial charge in [-0.3, -0.25) is 0 Å². The summed E-state index contributed by atoms with van der Waals surface area (Å²) in [5.74, 6) is 4.06. The number of para-hydroxylation sites is 1. The van der Waals surface area contributed by atoms with Crippen molar-refractivity contribution in [3.05, 3.63) is 36.1 Å². The van der Waals surface area contributed by atoms with Crippen LogP contribution in [0.3, 0.4) is 0 Å². The minimum absolute atomic E-state index is 0.561. The van der Waals surface area contributed by atoms with Crippen LogP contribution in [0.15, 0.2) is 34.7 Å². The summed E-state index contributed by atoms with van der Waals surface area (Å²) in [4.78, 5) is 0. The second kappa shape index (κ2) is 6.23. The number of hydrogen-bond acceptors (Lipinski definition) is 2. The summed E-state index contributed by atoms with van der Waals surface area (Å²) < 4.78 is 6.18. The summed E-state index contributed by atoms with van der Waals surface area (Å²) in [7, 11) is 2.06. The van der Waals surface area contributed by atoms with Crippen LogP contribution >= 0.6 is 0 Å². The van der Waals surface area contributed by atoms with E-state index < -0.39 is 0 Å². The van der Waals surface area contributed by atoms with Gasteiger partial charge in [0.05, 0.1) is 0 Å². The van der Waals surface area contributed by atoms with E-state index in [0.29, 0.717) is 11.8 Å². The standard InChI is InChI=1S/C19H27NO/c1-13(2)14-8-9-16(12-20-3)17(10-14)19-11-15-6-4-5-7-18(15)21-19/h4-7,11,13-14,16-17,20H,8-10,12H2,1-3H3. The maximum atomic E-state index is 6.18. The molecule has 3 rings (SSSR count). The summed E-state index contributed by atoms with van der Waals surface area (Å²) in [6, 6.07) is 10.6. The Morgan fingerprint density at radius 3 is 2.76 bits per heavy atom. The third-order valence-electron chi connectivity index (χ3n) is 5.25. The van der Waals surface area contributed by atoms with E-state index in [1.54, 1.807) is 0 Å². The predicted octanol–water partition coefficient (Wildman–Crippen LogP) is 4.81. The van der Waals surface area contributed by atoms with Crippen molar-refractivity contribution in [2.24, 2.45) is 17.8 Å². The van der Waals surface area contributed by atoms with E-state index in [4.69, 9.17) is 4.42 Å². The Morgan fingerprint density at radius 1 is 1.24 bits per heavy atom. The summed E-state index contributed by atoms with van der Waals surface area (Å²) in [5, 5.41) is 4.61.